The van der Waals surface area contributed by atoms with Gasteiger partial charge in [-0.25, -0.2) is 31.9 Å². The minimum absolute atomic E-state index is 0.0973. The Kier molecular flexibility index (Phi) is 7.71. The lowest BCUT2D eigenvalue weighted by atomic mass is 9.88. The van der Waals surface area contributed by atoms with Crippen molar-refractivity contribution >= 4 is 28.1 Å². The van der Waals surface area contributed by atoms with Crippen LogP contribution in [0, 0.1) is 5.82 Å². The SMILES string of the molecule is CC1(C)C(N)=N[C@](C)(c2nc(NC(=O)c3ccc(OCC(F)(F)C(F)F)cn3)ccc2F)[C@H]2CC(F)(F)CNS21O. The van der Waals surface area contributed by atoms with Crippen LogP contribution in [0.1, 0.15) is 43.4 Å². The van der Waals surface area contributed by atoms with Gasteiger partial charge in [0.1, 0.15) is 40.1 Å². The summed E-state index contributed by atoms with van der Waals surface area (Å²) in [7, 11) is -3.15. The monoisotopic (exact) mass is 612 g/mol. The van der Waals surface area contributed by atoms with Gasteiger partial charge in [0.15, 0.2) is 6.61 Å². The van der Waals surface area contributed by atoms with Crippen molar-refractivity contribution in [2.75, 3.05) is 18.5 Å². The van der Waals surface area contributed by atoms with Gasteiger partial charge in [-0.3, -0.25) is 14.5 Å². The summed E-state index contributed by atoms with van der Waals surface area (Å²) in [4.78, 5) is 25.0. The molecule has 0 radical (unpaired) electrons. The number of hydrogen-bond acceptors (Lipinski definition) is 8. The molecule has 0 spiro atoms. The molecule has 0 saturated carbocycles. The quantitative estimate of drug-likeness (QED) is 0.333. The number of carbonyl (C=O) groups is 1. The topological polar surface area (TPSA) is 135 Å². The van der Waals surface area contributed by atoms with E-state index in [9.17, 15) is 35.7 Å². The molecule has 2 aliphatic heterocycles. The van der Waals surface area contributed by atoms with E-state index in [4.69, 9.17) is 5.73 Å². The van der Waals surface area contributed by atoms with Crippen LogP contribution in [0.15, 0.2) is 35.5 Å². The summed E-state index contributed by atoms with van der Waals surface area (Å²) in [5.74, 6) is -10.1. The van der Waals surface area contributed by atoms with Crippen LogP contribution in [0.3, 0.4) is 0 Å². The minimum atomic E-state index is -4.39. The highest BCUT2D eigenvalue weighted by atomic mass is 32.3. The molecule has 4 rings (SSSR count). The second-order valence-electron chi connectivity index (χ2n) is 10.4. The number of hydrogen-bond donors (Lipinski definition) is 4. The van der Waals surface area contributed by atoms with Gasteiger partial charge in [-0.1, -0.05) is 10.5 Å². The molecule has 0 bridgehead atoms. The van der Waals surface area contributed by atoms with Crippen molar-refractivity contribution < 1.29 is 44.8 Å². The maximum Gasteiger partial charge on any atom is 0.340 e. The first-order chi connectivity index (χ1) is 18.8. The normalized spacial score (nSPS) is 28.7. The summed E-state index contributed by atoms with van der Waals surface area (Å²) in [6, 6.07) is 4.14. The number of pyridine rings is 2. The molecule has 1 saturated heterocycles. The number of rotatable bonds is 7. The Hall–Kier alpha value is -3.18. The molecule has 2 aromatic rings. The van der Waals surface area contributed by atoms with Crippen LogP contribution in [0.5, 0.6) is 5.75 Å². The van der Waals surface area contributed by atoms with E-state index in [-0.39, 0.29) is 23.1 Å². The Balaban J connectivity index is 1.60. The smallest absolute Gasteiger partial charge is 0.340 e. The van der Waals surface area contributed by atoms with Crippen LogP contribution in [0.2, 0.25) is 0 Å². The van der Waals surface area contributed by atoms with Gasteiger partial charge in [0.05, 0.1) is 22.7 Å². The van der Waals surface area contributed by atoms with Crippen molar-refractivity contribution in [2.24, 2.45) is 10.7 Å². The molecule has 1 fully saturated rings. The van der Waals surface area contributed by atoms with E-state index in [1.165, 1.54) is 6.92 Å². The highest BCUT2D eigenvalue weighted by molar-refractivity contribution is 8.29. The zero-order valence-electron chi connectivity index (χ0n) is 21.9. The van der Waals surface area contributed by atoms with Crippen LogP contribution in [0.4, 0.5) is 36.6 Å². The molecular weight excluding hydrogens is 585 g/mol. The summed E-state index contributed by atoms with van der Waals surface area (Å²) in [6.45, 7) is 2.02. The van der Waals surface area contributed by atoms with Crippen molar-refractivity contribution in [3.8, 4) is 5.75 Å². The number of halogens is 7. The number of carbonyl (C=O) groups excluding carboxylic acids is 1. The molecule has 2 aliphatic rings. The molecule has 2 aromatic heterocycles. The number of nitrogens with zero attached hydrogens (tertiary/aromatic N) is 3. The number of alkyl halides is 6. The Morgan fingerprint density at radius 3 is 2.56 bits per heavy atom. The third-order valence-corrected chi connectivity index (χ3v) is 10.9. The van der Waals surface area contributed by atoms with E-state index in [1.54, 1.807) is 13.8 Å². The highest BCUT2D eigenvalue weighted by Crippen LogP contribution is 2.67. The number of amides is 1. The Morgan fingerprint density at radius 1 is 1.27 bits per heavy atom. The van der Waals surface area contributed by atoms with Gasteiger partial charge in [-0.15, -0.1) is 0 Å². The van der Waals surface area contributed by atoms with Gasteiger partial charge in [-0.2, -0.15) is 8.78 Å². The van der Waals surface area contributed by atoms with Crippen LogP contribution in [0.25, 0.3) is 0 Å². The van der Waals surface area contributed by atoms with Crippen LogP contribution < -0.4 is 20.5 Å². The summed E-state index contributed by atoms with van der Waals surface area (Å²) >= 11 is 0. The Labute approximate surface area is 231 Å². The Morgan fingerprint density at radius 2 is 1.95 bits per heavy atom. The average molecular weight is 613 g/mol. The lowest BCUT2D eigenvalue weighted by Crippen LogP contribution is -2.65. The number of amidine groups is 1. The number of fused-ring (bicyclic) bond motifs is 1. The molecule has 1 amide bonds. The fourth-order valence-corrected chi connectivity index (χ4v) is 7.94. The predicted octanol–water partition coefficient (Wildman–Crippen LogP) is 4.70. The maximum atomic E-state index is 15.2. The second-order valence-corrected chi connectivity index (χ2v) is 13.5. The zero-order chi connectivity index (χ0) is 30.6. The minimum Gasteiger partial charge on any atom is -0.485 e. The molecule has 5 N–H and O–H groups in total. The van der Waals surface area contributed by atoms with Gasteiger partial charge >= 0.3 is 12.3 Å². The average Bonchev–Trinajstić information content (AvgIpc) is 2.89. The van der Waals surface area contributed by atoms with E-state index in [0.717, 1.165) is 30.5 Å². The molecule has 1 unspecified atom stereocenters. The van der Waals surface area contributed by atoms with Crippen molar-refractivity contribution in [1.29, 1.82) is 0 Å². The first-order valence-electron chi connectivity index (χ1n) is 12.1. The van der Waals surface area contributed by atoms with Gasteiger partial charge in [0, 0.05) is 6.42 Å². The van der Waals surface area contributed by atoms with Crippen LogP contribution in [-0.2, 0) is 5.54 Å². The number of aromatic nitrogens is 2. The number of nitrogens with two attached hydrogens (primary N) is 1. The summed E-state index contributed by atoms with van der Waals surface area (Å²) in [6.07, 6.45) is -3.90. The molecule has 226 valence electrons. The van der Waals surface area contributed by atoms with Gasteiger partial charge in [-0.05, 0) is 45.0 Å². The van der Waals surface area contributed by atoms with Crippen molar-refractivity contribution in [2.45, 2.75) is 61.0 Å². The fourth-order valence-electron chi connectivity index (χ4n) is 4.56. The maximum absolute atomic E-state index is 15.2. The summed E-state index contributed by atoms with van der Waals surface area (Å²) < 4.78 is 113. The molecule has 0 aliphatic carbocycles. The third-order valence-electron chi connectivity index (χ3n) is 7.11. The first-order valence-corrected chi connectivity index (χ1v) is 13.7. The van der Waals surface area contributed by atoms with Crippen LogP contribution >= 0.6 is 10.5 Å². The molecule has 41 heavy (non-hydrogen) atoms. The fraction of sp³-hybridized carbons (Fsp3) is 0.500. The molecule has 4 heterocycles. The molecule has 9 nitrogen and oxygen atoms in total. The van der Waals surface area contributed by atoms with Crippen LogP contribution in [-0.4, -0.2) is 67.7 Å². The largest absolute Gasteiger partial charge is 0.485 e. The van der Waals surface area contributed by atoms with Crippen molar-refractivity contribution in [3.05, 3.63) is 47.7 Å². The van der Waals surface area contributed by atoms with E-state index in [1.807, 2.05) is 0 Å². The van der Waals surface area contributed by atoms with E-state index in [2.05, 4.69) is 29.7 Å². The first kappa shape index (κ1) is 30.8. The van der Waals surface area contributed by atoms with Gasteiger partial charge in [0.2, 0.25) is 0 Å². The predicted molar refractivity (Wildman–Crippen MR) is 137 cm³/mol. The Bertz CT molecular complexity index is 1360. The molecule has 3 atom stereocenters. The van der Waals surface area contributed by atoms with E-state index in [0.29, 0.717) is 0 Å². The highest BCUT2D eigenvalue weighted by Gasteiger charge is 2.64. The summed E-state index contributed by atoms with van der Waals surface area (Å²) in [5, 5.41) is 1.04. The number of nitrogens with one attached hydrogen (secondary N) is 2. The van der Waals surface area contributed by atoms with Crippen molar-refractivity contribution in [3.63, 3.8) is 0 Å². The van der Waals surface area contributed by atoms with E-state index < -0.39 is 81.3 Å². The lowest BCUT2D eigenvalue weighted by Gasteiger charge is -2.61. The zero-order valence-corrected chi connectivity index (χ0v) is 22.7. The lowest BCUT2D eigenvalue weighted by molar-refractivity contribution is -0.148. The molecule has 17 heteroatoms. The number of ether oxygens (including phenoxy) is 1. The third kappa shape index (κ3) is 5.53. The second kappa shape index (κ2) is 10.3. The molecule has 0 aromatic carbocycles. The van der Waals surface area contributed by atoms with Gasteiger partial charge in [0.25, 0.3) is 11.8 Å². The van der Waals surface area contributed by atoms with Crippen molar-refractivity contribution in [1.82, 2.24) is 14.7 Å². The summed E-state index contributed by atoms with van der Waals surface area (Å²) in [5.41, 5.74) is 3.60. The molecular formula is C24H27F7N6O3S. The number of anilines is 1. The standard InChI is InChI=1S/C24H27F7N6O3S/c1-21(2)20(32)37-22(3,15-8-23(28,29)10-34-41(15,21)39)17-13(25)5-7-16(35-17)36-18(38)14-6-4-12(9-33-14)40-11-24(30,31)19(26)27/h4-7,9,15,19,34,39H,8,10-11H2,1-3H3,(H2,32,37)(H,35,36,38)/t15-,22+/m1/s1. The van der Waals surface area contributed by atoms with E-state index >= 15 is 4.39 Å². The van der Waals surface area contributed by atoms with Gasteiger partial charge < -0.3 is 20.3 Å². The number of aliphatic imine (C=N–C) groups is 1.